The molecule has 2 radical (unpaired) electrons. The SMILES string of the molecule is O=S(=O)([O-])[O-].O=S(=O)([O-])[O-].O=S(=O)([O-])[O-].O=[N+]([O-])O.O=[N+]([O-])O.O=[N+]([O-])O.[Ce+3].[Ce+3]. The molecule has 0 aromatic heterocycles. The van der Waals surface area contributed by atoms with Crippen LogP contribution in [-0.4, -0.2) is 83.5 Å². The van der Waals surface area contributed by atoms with Gasteiger partial charge in [0, 0.05) is 31.2 Å². The van der Waals surface area contributed by atoms with E-state index in [2.05, 4.69) is 0 Å². The molecular formula is H3Ce2N3O21S3. The molecule has 0 rings (SSSR count). The van der Waals surface area contributed by atoms with Crippen LogP contribution in [0.25, 0.3) is 0 Å². The summed E-state index contributed by atoms with van der Waals surface area (Å²) in [6.07, 6.45) is 0. The summed E-state index contributed by atoms with van der Waals surface area (Å²) in [4.78, 5) is 25.1. The first-order valence-corrected chi connectivity index (χ1v) is 7.70. The molecule has 24 nitrogen and oxygen atoms in total. The maximum atomic E-state index is 8.52. The summed E-state index contributed by atoms with van der Waals surface area (Å²) in [6, 6.07) is 0. The molecular weight excluding hydrogens is 754 g/mol. The first-order valence-electron chi connectivity index (χ1n) is 3.70. The second kappa shape index (κ2) is 28.0. The van der Waals surface area contributed by atoms with Crippen LogP contribution in [0.4, 0.5) is 0 Å². The summed E-state index contributed by atoms with van der Waals surface area (Å²) < 4.78 is 102. The van der Waals surface area contributed by atoms with E-state index in [1.165, 1.54) is 0 Å². The third-order valence-electron chi connectivity index (χ3n) is 0. The van der Waals surface area contributed by atoms with Crippen molar-refractivity contribution in [3.05, 3.63) is 30.3 Å². The molecule has 0 atom stereocenters. The Bertz CT molecular complexity index is 564. The molecule has 0 aromatic rings. The zero-order chi connectivity index (χ0) is 24.2. The van der Waals surface area contributed by atoms with Crippen LogP contribution in [-0.2, 0) is 31.2 Å². The van der Waals surface area contributed by atoms with Gasteiger partial charge in [0.2, 0.25) is 0 Å². The molecule has 0 spiro atoms. The topological polar surface area (TPSA) is 431 Å². The standard InChI is InChI=1S/2Ce.3HNO3.3H2O4S/c;;3*2-1(3)4;3*1-5(2,3)4/h;;3*(H,2,3,4);3*(H2,1,2,3,4)/q2*+3;;;;;;/p-6. The van der Waals surface area contributed by atoms with Crippen LogP contribution >= 0.6 is 0 Å². The van der Waals surface area contributed by atoms with Gasteiger partial charge in [-0.1, -0.05) is 0 Å². The minimum Gasteiger partial charge on any atom is -0.759 e. The van der Waals surface area contributed by atoms with Crippen molar-refractivity contribution in [3.63, 3.8) is 0 Å². The summed E-state index contributed by atoms with van der Waals surface area (Å²) >= 11 is 0. The van der Waals surface area contributed by atoms with Gasteiger partial charge in [0.1, 0.15) is 0 Å². The molecule has 0 saturated carbocycles. The van der Waals surface area contributed by atoms with Crippen LogP contribution in [0.15, 0.2) is 0 Å². The van der Waals surface area contributed by atoms with Crippen molar-refractivity contribution in [3.8, 4) is 0 Å². The van der Waals surface area contributed by atoms with Crippen molar-refractivity contribution < 1.29 is 167 Å². The Morgan fingerprint density at radius 3 is 0.448 bits per heavy atom. The molecule has 0 bridgehead atoms. The maximum Gasteiger partial charge on any atom is 3.00 e. The zero-order valence-corrected chi connectivity index (χ0v) is 21.0. The van der Waals surface area contributed by atoms with Crippen LogP contribution in [0, 0.1) is 114 Å². The molecule has 29 heteroatoms. The van der Waals surface area contributed by atoms with Crippen LogP contribution in [0.3, 0.4) is 0 Å². The zero-order valence-electron chi connectivity index (χ0n) is 12.3. The monoisotopic (exact) mass is 757 g/mol. The molecule has 170 valence electrons. The minimum atomic E-state index is -5.17. The van der Waals surface area contributed by atoms with Crippen molar-refractivity contribution in [1.29, 1.82) is 0 Å². The van der Waals surface area contributed by atoms with Crippen LogP contribution in [0.5, 0.6) is 0 Å². The van der Waals surface area contributed by atoms with Gasteiger partial charge in [-0.05, 0) is 0 Å². The molecule has 3 N–H and O–H groups in total. The third kappa shape index (κ3) is 14000000. The summed E-state index contributed by atoms with van der Waals surface area (Å²) in [7, 11) is -15.5. The molecule has 0 amide bonds. The van der Waals surface area contributed by atoms with E-state index in [0.29, 0.717) is 0 Å². The Kier molecular flexibility index (Phi) is 49.7. The Morgan fingerprint density at radius 1 is 0.448 bits per heavy atom. The number of nitrogens with zero attached hydrogens (tertiary/aromatic N) is 3. The van der Waals surface area contributed by atoms with E-state index in [9.17, 15) is 0 Å². The van der Waals surface area contributed by atoms with E-state index in [4.69, 9.17) is 98.5 Å². The normalized spacial score (nSPS) is 8.48. The Morgan fingerprint density at radius 2 is 0.448 bits per heavy atom. The van der Waals surface area contributed by atoms with Gasteiger partial charge in [0.25, 0.3) is 15.3 Å². The van der Waals surface area contributed by atoms with Crippen LogP contribution in [0.1, 0.15) is 0 Å². The van der Waals surface area contributed by atoms with Gasteiger partial charge >= 0.3 is 83.5 Å². The van der Waals surface area contributed by atoms with Crippen molar-refractivity contribution in [2.24, 2.45) is 0 Å². The van der Waals surface area contributed by atoms with Crippen LogP contribution < -0.4 is 0 Å². The van der Waals surface area contributed by atoms with Crippen molar-refractivity contribution in [2.45, 2.75) is 0 Å². The third-order valence-corrected chi connectivity index (χ3v) is 0. The Labute approximate surface area is 225 Å². The first-order chi connectivity index (χ1) is 11.2. The van der Waals surface area contributed by atoms with Crippen LogP contribution in [0.2, 0.25) is 0 Å². The fourth-order valence-electron chi connectivity index (χ4n) is 0. The van der Waals surface area contributed by atoms with Gasteiger partial charge in [0.05, 0.1) is 0 Å². The molecule has 0 aliphatic carbocycles. The van der Waals surface area contributed by atoms with E-state index in [-0.39, 0.29) is 83.5 Å². The average molecular weight is 757 g/mol. The number of hydrogen-bond acceptors (Lipinski definition) is 18. The van der Waals surface area contributed by atoms with Gasteiger partial charge in [-0.15, -0.1) is 30.3 Å². The Balaban J connectivity index is -0.0000000301. The van der Waals surface area contributed by atoms with Gasteiger partial charge in [-0.3, -0.25) is 25.3 Å². The van der Waals surface area contributed by atoms with E-state index in [0.717, 1.165) is 0 Å². The molecule has 0 aliphatic rings. The molecule has 29 heavy (non-hydrogen) atoms. The van der Waals surface area contributed by atoms with Crippen molar-refractivity contribution >= 4 is 31.2 Å². The summed E-state index contributed by atoms with van der Waals surface area (Å²) in [5.74, 6) is 0. The molecule has 0 fully saturated rings. The smallest absolute Gasteiger partial charge is 0.759 e. The maximum absolute atomic E-state index is 8.52. The van der Waals surface area contributed by atoms with Crippen molar-refractivity contribution in [2.75, 3.05) is 0 Å². The summed E-state index contributed by atoms with van der Waals surface area (Å²) in [6.45, 7) is 0. The second-order valence-electron chi connectivity index (χ2n) is 1.94. The van der Waals surface area contributed by atoms with Gasteiger partial charge in [-0.2, -0.15) is 0 Å². The van der Waals surface area contributed by atoms with E-state index in [1.54, 1.807) is 0 Å². The molecule has 0 unspecified atom stereocenters. The minimum absolute atomic E-state index is 0. The second-order valence-corrected chi connectivity index (χ2v) is 4.39. The summed E-state index contributed by atoms with van der Waals surface area (Å²) in [5, 5.41) is 40.9. The van der Waals surface area contributed by atoms with E-state index < -0.39 is 46.5 Å². The predicted octanol–water partition coefficient (Wildman–Crippen LogP) is -5.06. The molecule has 0 heterocycles. The van der Waals surface area contributed by atoms with Gasteiger partial charge < -0.3 is 42.9 Å². The molecule has 0 aliphatic heterocycles. The molecule has 0 saturated heterocycles. The largest absolute Gasteiger partial charge is 3.00 e. The Hall–Kier alpha value is -0.0368. The number of hydrogen-bond donors (Lipinski definition) is 3. The first kappa shape index (κ1) is 51.5. The average Bonchev–Trinajstić information content (AvgIpc) is 2.01. The fourth-order valence-corrected chi connectivity index (χ4v) is 0. The predicted molar refractivity (Wildman–Crippen MR) is 57.8 cm³/mol. The van der Waals surface area contributed by atoms with Crippen molar-refractivity contribution in [1.82, 2.24) is 0 Å². The molecule has 0 aromatic carbocycles. The quantitative estimate of drug-likeness (QED) is 0.0900. The van der Waals surface area contributed by atoms with E-state index in [1.807, 2.05) is 0 Å². The summed E-state index contributed by atoms with van der Waals surface area (Å²) in [5.41, 5.74) is 0. The number of rotatable bonds is 0. The van der Waals surface area contributed by atoms with E-state index >= 15 is 0 Å². The van der Waals surface area contributed by atoms with Gasteiger partial charge in [-0.25, -0.2) is 0 Å². The van der Waals surface area contributed by atoms with Gasteiger partial charge in [0.15, 0.2) is 0 Å². The fraction of sp³-hybridized carbons (Fsp3) is 0.